The average Bonchev–Trinajstić information content (AvgIpc) is 3.88. The van der Waals surface area contributed by atoms with E-state index in [2.05, 4.69) is 26.3 Å². The van der Waals surface area contributed by atoms with Crippen LogP contribution in [0.1, 0.15) is 36.0 Å². The second-order valence-corrected chi connectivity index (χ2v) is 14.4. The maximum Gasteiger partial charge on any atom is 0.248 e. The van der Waals surface area contributed by atoms with E-state index >= 15 is 0 Å². The van der Waals surface area contributed by atoms with Crippen LogP contribution in [-0.4, -0.2) is 111 Å². The van der Waals surface area contributed by atoms with E-state index in [1.807, 2.05) is 18.2 Å². The predicted octanol–water partition coefficient (Wildman–Crippen LogP) is -1.49. The Kier molecular flexibility index (Phi) is 14.7. The molecule has 0 unspecified atom stereocenters. The summed E-state index contributed by atoms with van der Waals surface area (Å²) in [6.07, 6.45) is 1.60. The Bertz CT molecular complexity index is 2140. The monoisotopic (exact) mass is 811 g/mol. The minimum atomic E-state index is -1.57. The van der Waals surface area contributed by atoms with Crippen molar-refractivity contribution in [2.45, 2.75) is 74.8 Å². The molecule has 18 nitrogen and oxygen atoms in total. The van der Waals surface area contributed by atoms with Gasteiger partial charge in [-0.2, -0.15) is 0 Å². The maximum atomic E-state index is 14.1. The molecular formula is C41H49N9O9. The van der Waals surface area contributed by atoms with Crippen LogP contribution >= 0.6 is 0 Å². The van der Waals surface area contributed by atoms with Gasteiger partial charge in [0.1, 0.15) is 36.0 Å². The zero-order chi connectivity index (χ0) is 42.6. The number of carbonyl (C=O) groups excluding carboxylic acids is 7. The Morgan fingerprint density at radius 1 is 0.729 bits per heavy atom. The number of nitrogens with zero attached hydrogens (tertiary/aromatic N) is 1. The highest BCUT2D eigenvalue weighted by Crippen LogP contribution is 2.22. The molecule has 0 bridgehead atoms. The maximum absolute atomic E-state index is 14.1. The van der Waals surface area contributed by atoms with Crippen LogP contribution in [0.3, 0.4) is 0 Å². The van der Waals surface area contributed by atoms with Crippen LogP contribution in [0.2, 0.25) is 0 Å². The van der Waals surface area contributed by atoms with Crippen LogP contribution in [0.4, 0.5) is 0 Å². The Hall–Kier alpha value is -6.79. The van der Waals surface area contributed by atoms with Crippen molar-refractivity contribution in [1.82, 2.24) is 31.2 Å². The number of nitrogens with two attached hydrogens (primary N) is 3. The number of rotatable bonds is 19. The number of H-pyrrole nitrogens is 1. The lowest BCUT2D eigenvalue weighted by molar-refractivity contribution is -0.143. The number of para-hydroxylation sites is 1. The van der Waals surface area contributed by atoms with Crippen molar-refractivity contribution in [3.63, 3.8) is 0 Å². The first-order valence-electron chi connectivity index (χ1n) is 19.1. The van der Waals surface area contributed by atoms with Gasteiger partial charge in [0.2, 0.25) is 41.4 Å². The second-order valence-electron chi connectivity index (χ2n) is 14.4. The van der Waals surface area contributed by atoms with Crippen LogP contribution in [0.15, 0.2) is 85.1 Å². The van der Waals surface area contributed by atoms with E-state index < -0.39 is 90.6 Å². The number of hydrogen-bond donors (Lipinski definition) is 10. The largest absolute Gasteiger partial charge is 0.508 e. The summed E-state index contributed by atoms with van der Waals surface area (Å²) in [5.74, 6) is -5.74. The number of benzene rings is 3. The van der Waals surface area contributed by atoms with Crippen LogP contribution in [0, 0.1) is 0 Å². The first-order chi connectivity index (χ1) is 28.2. The molecule has 1 saturated heterocycles. The highest BCUT2D eigenvalue weighted by molar-refractivity contribution is 5.98. The molecule has 4 aromatic rings. The number of aromatic hydroxyl groups is 1. The van der Waals surface area contributed by atoms with E-state index in [-0.39, 0.29) is 38.0 Å². The number of aliphatic hydroxyl groups is 1. The van der Waals surface area contributed by atoms with Gasteiger partial charge in [-0.3, -0.25) is 33.6 Å². The molecule has 1 fully saturated rings. The van der Waals surface area contributed by atoms with Gasteiger partial charge in [0, 0.05) is 36.5 Å². The number of aliphatic hydroxyl groups excluding tert-OH is 1. The first kappa shape index (κ1) is 43.3. The van der Waals surface area contributed by atoms with Crippen molar-refractivity contribution in [3.05, 3.63) is 102 Å². The molecule has 0 saturated carbocycles. The lowest BCUT2D eigenvalue weighted by atomic mass is 10.0. The molecule has 0 aliphatic carbocycles. The molecule has 2 heterocycles. The van der Waals surface area contributed by atoms with E-state index in [1.165, 1.54) is 17.0 Å². The van der Waals surface area contributed by atoms with E-state index in [1.54, 1.807) is 54.7 Å². The molecule has 312 valence electrons. The Labute approximate surface area is 339 Å². The third kappa shape index (κ3) is 11.6. The van der Waals surface area contributed by atoms with Gasteiger partial charge >= 0.3 is 0 Å². The number of amides is 7. The van der Waals surface area contributed by atoms with Crippen molar-refractivity contribution in [3.8, 4) is 5.75 Å². The van der Waals surface area contributed by atoms with Crippen molar-refractivity contribution in [2.75, 3.05) is 13.2 Å². The molecule has 0 radical (unpaired) electrons. The summed E-state index contributed by atoms with van der Waals surface area (Å²) in [6.45, 7) is -0.689. The molecule has 18 heteroatoms. The van der Waals surface area contributed by atoms with E-state index in [0.717, 1.165) is 10.9 Å². The summed E-state index contributed by atoms with van der Waals surface area (Å²) >= 11 is 0. The van der Waals surface area contributed by atoms with Gasteiger partial charge in [-0.25, -0.2) is 0 Å². The average molecular weight is 812 g/mol. The normalized spacial score (nSPS) is 16.2. The number of likely N-dealkylation sites (tertiary alicyclic amines) is 1. The second kappa shape index (κ2) is 20.1. The molecule has 0 spiro atoms. The van der Waals surface area contributed by atoms with Gasteiger partial charge in [0.25, 0.3) is 0 Å². The molecule has 1 aliphatic rings. The van der Waals surface area contributed by atoms with Gasteiger partial charge in [0.05, 0.1) is 19.1 Å². The number of fused-ring (bicyclic) bond motifs is 1. The summed E-state index contributed by atoms with van der Waals surface area (Å²) in [5, 5.41) is 30.6. The quantitative estimate of drug-likeness (QED) is 0.0523. The number of hydrogen-bond acceptors (Lipinski definition) is 10. The van der Waals surface area contributed by atoms with Crippen molar-refractivity contribution in [1.29, 1.82) is 0 Å². The molecule has 13 N–H and O–H groups in total. The number of nitrogens with one attached hydrogen (secondary N) is 5. The fourth-order valence-electron chi connectivity index (χ4n) is 6.97. The number of phenols is 1. The topological polar surface area (TPSA) is 305 Å². The van der Waals surface area contributed by atoms with Crippen LogP contribution in [0.5, 0.6) is 5.75 Å². The summed E-state index contributed by atoms with van der Waals surface area (Å²) < 4.78 is 0. The number of aromatic nitrogens is 1. The molecular weight excluding hydrogens is 763 g/mol. The lowest BCUT2D eigenvalue weighted by Gasteiger charge is -2.30. The molecule has 1 aromatic heterocycles. The minimum absolute atomic E-state index is 0.0302. The molecule has 7 amide bonds. The van der Waals surface area contributed by atoms with Crippen molar-refractivity contribution >= 4 is 52.3 Å². The highest BCUT2D eigenvalue weighted by Gasteiger charge is 2.40. The van der Waals surface area contributed by atoms with Crippen molar-refractivity contribution in [2.24, 2.45) is 17.2 Å². The number of carbonyl (C=O) groups is 7. The van der Waals surface area contributed by atoms with Gasteiger partial charge < -0.3 is 58.6 Å². The zero-order valence-electron chi connectivity index (χ0n) is 32.1. The van der Waals surface area contributed by atoms with Crippen LogP contribution in [0.25, 0.3) is 10.9 Å². The van der Waals surface area contributed by atoms with Gasteiger partial charge in [-0.05, 0) is 54.2 Å². The molecule has 3 aromatic carbocycles. The zero-order valence-corrected chi connectivity index (χ0v) is 32.1. The smallest absolute Gasteiger partial charge is 0.248 e. The standard InChI is InChI=1S/C41H49N9O9/c42-28(17-24-12-14-26(52)15-13-24)37(55)49-33(22-51)41(59)50-16-6-11-34(50)40(58)48-31(19-25-21-45-29-10-5-4-9-27(25)29)38(56)47-32(20-35(43)53)39(57)46-30(36(44)54)18-23-7-2-1-3-8-23/h1-5,7-10,12-15,21,28,30-34,45,51-52H,6,11,16-20,22,42H2,(H2,43,53)(H2,44,54)(H,46,57)(H,47,56)(H,48,58)(H,49,55)/t28-,30-,31-,32-,33-,34-/m0/s1. The third-order valence-electron chi connectivity index (χ3n) is 10.1. The van der Waals surface area contributed by atoms with E-state index in [9.17, 15) is 43.8 Å². The Morgan fingerprint density at radius 2 is 1.36 bits per heavy atom. The number of primary amides is 2. The van der Waals surface area contributed by atoms with Crippen LogP contribution < -0.4 is 38.5 Å². The molecule has 5 rings (SSSR count). The lowest BCUT2D eigenvalue weighted by Crippen LogP contribution is -2.60. The fraction of sp³-hybridized carbons (Fsp3) is 0.341. The number of aromatic amines is 1. The Morgan fingerprint density at radius 3 is 2.03 bits per heavy atom. The van der Waals surface area contributed by atoms with Gasteiger partial charge in [0.15, 0.2) is 0 Å². The first-order valence-corrected chi connectivity index (χ1v) is 19.1. The molecule has 59 heavy (non-hydrogen) atoms. The molecule has 6 atom stereocenters. The summed E-state index contributed by atoms with van der Waals surface area (Å²) in [4.78, 5) is 97.2. The summed E-state index contributed by atoms with van der Waals surface area (Å²) in [7, 11) is 0. The SMILES string of the molecule is NC(=O)C[C@H](NC(=O)[C@H](Cc1c[nH]c2ccccc12)NC(=O)[C@@H]1CCCN1C(=O)[C@H](CO)NC(=O)[C@@H](N)Cc1ccc(O)cc1)C(=O)N[C@@H](Cc1ccccc1)C(N)=O. The molecule has 1 aliphatic heterocycles. The minimum Gasteiger partial charge on any atom is -0.508 e. The third-order valence-corrected chi connectivity index (χ3v) is 10.1. The Balaban J connectivity index is 1.32. The van der Waals surface area contributed by atoms with Gasteiger partial charge in [-0.15, -0.1) is 0 Å². The van der Waals surface area contributed by atoms with Gasteiger partial charge in [-0.1, -0.05) is 60.7 Å². The van der Waals surface area contributed by atoms with Crippen LogP contribution in [-0.2, 0) is 52.8 Å². The predicted molar refractivity (Wildman–Crippen MR) is 214 cm³/mol. The van der Waals surface area contributed by atoms with E-state index in [0.29, 0.717) is 23.1 Å². The van der Waals surface area contributed by atoms with E-state index in [4.69, 9.17) is 17.2 Å². The van der Waals surface area contributed by atoms with Crippen molar-refractivity contribution < 1.29 is 43.8 Å². The summed E-state index contributed by atoms with van der Waals surface area (Å²) in [5.41, 5.74) is 19.9. The number of phenolic OH excluding ortho intramolecular Hbond substituents is 1. The highest BCUT2D eigenvalue weighted by atomic mass is 16.3. The fourth-order valence-corrected chi connectivity index (χ4v) is 6.97. The summed E-state index contributed by atoms with van der Waals surface area (Å²) in [6, 6.07) is 14.3.